The van der Waals surface area contributed by atoms with Crippen LogP contribution in [0.1, 0.15) is 17.3 Å². The quantitative estimate of drug-likeness (QED) is 0.493. The minimum absolute atomic E-state index is 0.0191. The summed E-state index contributed by atoms with van der Waals surface area (Å²) in [6, 6.07) is 17.4. The first-order chi connectivity index (χ1) is 15.6. The second-order valence-corrected chi connectivity index (χ2v) is 9.40. The normalized spacial score (nSPS) is 12.0. The Morgan fingerprint density at radius 2 is 1.67 bits per heavy atom. The molecule has 0 aromatic heterocycles. The number of para-hydroxylation sites is 1. The summed E-state index contributed by atoms with van der Waals surface area (Å²) in [5, 5.41) is 2.49. The molecule has 1 atom stereocenters. The molecule has 0 bridgehead atoms. The van der Waals surface area contributed by atoms with Crippen LogP contribution in [0.4, 0.5) is 15.8 Å². The summed E-state index contributed by atoms with van der Waals surface area (Å²) < 4.78 is 45.7. The molecule has 3 aromatic carbocycles. The van der Waals surface area contributed by atoms with Crippen LogP contribution in [0.5, 0.6) is 0 Å². The Bertz CT molecular complexity index is 1270. The number of ether oxygens (including phenoxy) is 1. The van der Waals surface area contributed by atoms with Crippen molar-refractivity contribution in [3.8, 4) is 0 Å². The van der Waals surface area contributed by atoms with E-state index in [9.17, 15) is 22.4 Å². The highest BCUT2D eigenvalue weighted by Gasteiger charge is 2.23. The second kappa shape index (κ2) is 10.0. The van der Waals surface area contributed by atoms with Crippen LogP contribution < -0.4 is 9.62 Å². The minimum atomic E-state index is -3.84. The van der Waals surface area contributed by atoms with Gasteiger partial charge in [-0.3, -0.25) is 9.10 Å². The van der Waals surface area contributed by atoms with Crippen molar-refractivity contribution in [3.63, 3.8) is 0 Å². The molecule has 0 aliphatic heterocycles. The van der Waals surface area contributed by atoms with Crippen LogP contribution in [-0.4, -0.2) is 33.4 Å². The van der Waals surface area contributed by atoms with Gasteiger partial charge < -0.3 is 10.1 Å². The fourth-order valence-electron chi connectivity index (χ4n) is 2.81. The molecule has 0 saturated carbocycles. The lowest BCUT2D eigenvalue weighted by atomic mass is 10.2. The van der Waals surface area contributed by atoms with Crippen molar-refractivity contribution in [1.82, 2.24) is 0 Å². The molecule has 3 rings (SSSR count). The Hall–Kier alpha value is -3.43. The van der Waals surface area contributed by atoms with Crippen molar-refractivity contribution in [3.05, 3.63) is 89.2 Å². The predicted octanol–water partition coefficient (Wildman–Crippen LogP) is 4.49. The van der Waals surface area contributed by atoms with Crippen molar-refractivity contribution in [1.29, 1.82) is 0 Å². The Labute approximate surface area is 195 Å². The summed E-state index contributed by atoms with van der Waals surface area (Å²) in [7, 11) is -2.41. The fourth-order valence-corrected chi connectivity index (χ4v) is 4.16. The molecule has 0 aliphatic carbocycles. The van der Waals surface area contributed by atoms with E-state index in [1.54, 1.807) is 30.3 Å². The van der Waals surface area contributed by atoms with Crippen LogP contribution in [0.3, 0.4) is 0 Å². The van der Waals surface area contributed by atoms with Crippen molar-refractivity contribution in [2.45, 2.75) is 17.9 Å². The van der Waals surface area contributed by atoms with Gasteiger partial charge >= 0.3 is 5.97 Å². The summed E-state index contributed by atoms with van der Waals surface area (Å²) in [5.41, 5.74) is 0.427. The molecule has 1 N–H and O–H groups in total. The fraction of sp³-hybridized carbons (Fsp3) is 0.130. The molecule has 0 fully saturated rings. The molecule has 10 heteroatoms. The number of nitrogens with one attached hydrogen (secondary N) is 1. The van der Waals surface area contributed by atoms with Gasteiger partial charge in [-0.25, -0.2) is 17.6 Å². The summed E-state index contributed by atoms with van der Waals surface area (Å²) >= 11 is 5.68. The average Bonchev–Trinajstić information content (AvgIpc) is 2.80. The van der Waals surface area contributed by atoms with Crippen LogP contribution in [0.2, 0.25) is 5.02 Å². The van der Waals surface area contributed by atoms with Gasteiger partial charge in [0.1, 0.15) is 5.82 Å². The van der Waals surface area contributed by atoms with Gasteiger partial charge in [-0.15, -0.1) is 0 Å². The predicted molar refractivity (Wildman–Crippen MR) is 123 cm³/mol. The smallest absolute Gasteiger partial charge is 0.338 e. The Balaban J connectivity index is 1.66. The summed E-state index contributed by atoms with van der Waals surface area (Å²) in [6.45, 7) is 1.33. The molecule has 7 nitrogen and oxygen atoms in total. The number of anilines is 2. The maximum Gasteiger partial charge on any atom is 0.338 e. The van der Waals surface area contributed by atoms with E-state index in [4.69, 9.17) is 16.3 Å². The van der Waals surface area contributed by atoms with Gasteiger partial charge in [0.25, 0.3) is 15.9 Å². The molecule has 0 radical (unpaired) electrons. The monoisotopic (exact) mass is 490 g/mol. The molecule has 0 aliphatic rings. The number of amides is 1. The van der Waals surface area contributed by atoms with E-state index in [2.05, 4.69) is 5.32 Å². The zero-order valence-electron chi connectivity index (χ0n) is 17.7. The van der Waals surface area contributed by atoms with Gasteiger partial charge in [0.05, 0.1) is 21.8 Å². The molecule has 3 aromatic rings. The molecular formula is C23H20ClFN2O5S. The highest BCUT2D eigenvalue weighted by molar-refractivity contribution is 7.92. The number of halogens is 2. The van der Waals surface area contributed by atoms with Gasteiger partial charge in [-0.1, -0.05) is 29.8 Å². The zero-order valence-corrected chi connectivity index (χ0v) is 19.2. The summed E-state index contributed by atoms with van der Waals surface area (Å²) in [5.74, 6) is -2.31. The largest absolute Gasteiger partial charge is 0.449 e. The van der Waals surface area contributed by atoms with Gasteiger partial charge in [-0.2, -0.15) is 0 Å². The highest BCUT2D eigenvalue weighted by Crippen LogP contribution is 2.22. The SMILES string of the molecule is CC(OC(=O)c1ccc(S(=O)(=O)N(C)c2ccccc2)cc1)C(=O)Nc1ccc(Cl)cc1F. The molecule has 33 heavy (non-hydrogen) atoms. The molecule has 0 saturated heterocycles. The average molecular weight is 491 g/mol. The number of benzene rings is 3. The summed E-state index contributed by atoms with van der Waals surface area (Å²) in [4.78, 5) is 24.6. The van der Waals surface area contributed by atoms with E-state index in [-0.39, 0.29) is 21.2 Å². The third kappa shape index (κ3) is 5.68. The number of hydrogen-bond donors (Lipinski definition) is 1. The van der Waals surface area contributed by atoms with Gasteiger partial charge in [-0.05, 0) is 61.5 Å². The molecule has 1 amide bonds. The Morgan fingerprint density at radius 3 is 2.27 bits per heavy atom. The van der Waals surface area contributed by atoms with Crippen LogP contribution in [0, 0.1) is 5.82 Å². The third-order valence-electron chi connectivity index (χ3n) is 4.71. The number of sulfonamides is 1. The lowest BCUT2D eigenvalue weighted by Crippen LogP contribution is -2.30. The third-order valence-corrected chi connectivity index (χ3v) is 6.75. The van der Waals surface area contributed by atoms with Gasteiger partial charge in [0.15, 0.2) is 6.10 Å². The molecule has 0 heterocycles. The van der Waals surface area contributed by atoms with E-state index >= 15 is 0 Å². The number of esters is 1. The van der Waals surface area contributed by atoms with Crippen LogP contribution in [0.25, 0.3) is 0 Å². The number of rotatable bonds is 7. The van der Waals surface area contributed by atoms with Crippen molar-refractivity contribution >= 4 is 44.9 Å². The first-order valence-corrected chi connectivity index (χ1v) is 11.5. The number of carbonyl (C=O) groups is 2. The van der Waals surface area contributed by atoms with Gasteiger partial charge in [0, 0.05) is 12.1 Å². The standard InChI is InChI=1S/C23H20ClFN2O5S/c1-15(22(28)26-21-13-10-17(24)14-20(21)25)32-23(29)16-8-11-19(12-9-16)33(30,31)27(2)18-6-4-3-5-7-18/h3-15H,1-2H3,(H,26,28). The second-order valence-electron chi connectivity index (χ2n) is 6.99. The first-order valence-electron chi connectivity index (χ1n) is 9.70. The number of carbonyl (C=O) groups excluding carboxylic acids is 2. The molecule has 172 valence electrons. The molecule has 1 unspecified atom stereocenters. The van der Waals surface area contributed by atoms with Crippen molar-refractivity contribution < 1.29 is 27.1 Å². The highest BCUT2D eigenvalue weighted by atomic mass is 35.5. The maximum absolute atomic E-state index is 13.8. The minimum Gasteiger partial charge on any atom is -0.449 e. The van der Waals surface area contributed by atoms with Crippen LogP contribution in [0.15, 0.2) is 77.7 Å². The van der Waals surface area contributed by atoms with E-state index in [0.29, 0.717) is 5.69 Å². The lowest BCUT2D eigenvalue weighted by Gasteiger charge is -2.19. The molecular weight excluding hydrogens is 471 g/mol. The van der Waals surface area contributed by atoms with Gasteiger partial charge in [0.2, 0.25) is 0 Å². The van der Waals surface area contributed by atoms with E-state index in [0.717, 1.165) is 10.4 Å². The number of nitrogens with zero attached hydrogens (tertiary/aromatic N) is 1. The lowest BCUT2D eigenvalue weighted by molar-refractivity contribution is -0.123. The van der Waals surface area contributed by atoms with Crippen LogP contribution in [-0.2, 0) is 19.6 Å². The van der Waals surface area contributed by atoms with E-state index in [1.165, 1.54) is 50.4 Å². The molecule has 0 spiro atoms. The Kier molecular flexibility index (Phi) is 7.35. The summed E-state index contributed by atoms with van der Waals surface area (Å²) in [6.07, 6.45) is -1.24. The number of hydrogen-bond acceptors (Lipinski definition) is 5. The van der Waals surface area contributed by atoms with E-state index < -0.39 is 33.8 Å². The zero-order chi connectivity index (χ0) is 24.2. The van der Waals surface area contributed by atoms with Crippen molar-refractivity contribution in [2.24, 2.45) is 0 Å². The first kappa shape index (κ1) is 24.2. The van der Waals surface area contributed by atoms with Crippen LogP contribution >= 0.6 is 11.6 Å². The maximum atomic E-state index is 13.8. The van der Waals surface area contributed by atoms with Crippen molar-refractivity contribution in [2.75, 3.05) is 16.7 Å². The Morgan fingerprint density at radius 1 is 1.03 bits per heavy atom. The topological polar surface area (TPSA) is 92.8 Å². The van der Waals surface area contributed by atoms with E-state index in [1.807, 2.05) is 0 Å².